The number of hydrogen-bond acceptors (Lipinski definition) is 1. The molecule has 0 N–H and O–H groups in total. The molecule has 0 amide bonds. The first-order valence-electron chi connectivity index (χ1n) is 7.47. The highest BCUT2D eigenvalue weighted by atomic mass is 35.5. The van der Waals surface area contributed by atoms with Gasteiger partial charge in [0.15, 0.2) is 0 Å². The van der Waals surface area contributed by atoms with Crippen molar-refractivity contribution in [3.8, 4) is 0 Å². The van der Waals surface area contributed by atoms with Gasteiger partial charge in [-0.2, -0.15) is 0 Å². The van der Waals surface area contributed by atoms with E-state index in [9.17, 15) is 0 Å². The molecule has 1 aromatic rings. The SMILES string of the molecule is CN(C)C12CC3CC(Cl)(CC(C1)c1ccccc13)C2. The molecule has 4 aliphatic carbocycles. The van der Waals surface area contributed by atoms with Crippen molar-refractivity contribution in [2.45, 2.75) is 54.4 Å². The van der Waals surface area contributed by atoms with Gasteiger partial charge < -0.3 is 4.90 Å². The fourth-order valence-corrected chi connectivity index (χ4v) is 5.83. The van der Waals surface area contributed by atoms with E-state index in [4.69, 9.17) is 11.6 Å². The molecular weight excluding hydrogens is 254 g/mol. The highest BCUT2D eigenvalue weighted by Gasteiger charge is 2.57. The van der Waals surface area contributed by atoms with Crippen LogP contribution in [0.5, 0.6) is 0 Å². The summed E-state index contributed by atoms with van der Waals surface area (Å²) in [5.74, 6) is 1.33. The number of halogens is 1. The van der Waals surface area contributed by atoms with Crippen molar-refractivity contribution >= 4 is 11.6 Å². The van der Waals surface area contributed by atoms with Crippen molar-refractivity contribution in [2.75, 3.05) is 14.1 Å². The fraction of sp³-hybridized carbons (Fsp3) is 0.647. The molecule has 5 rings (SSSR count). The van der Waals surface area contributed by atoms with Crippen molar-refractivity contribution < 1.29 is 0 Å². The number of benzene rings is 1. The molecular formula is C17H22ClN. The average Bonchev–Trinajstić information content (AvgIpc) is 2.50. The first-order chi connectivity index (χ1) is 9.01. The topological polar surface area (TPSA) is 3.24 Å². The maximum Gasteiger partial charge on any atom is 0.0476 e. The molecule has 2 unspecified atom stereocenters. The van der Waals surface area contributed by atoms with Gasteiger partial charge in [0, 0.05) is 10.4 Å². The van der Waals surface area contributed by atoms with Crippen LogP contribution < -0.4 is 0 Å². The summed E-state index contributed by atoms with van der Waals surface area (Å²) in [6.07, 6.45) is 6.12. The van der Waals surface area contributed by atoms with E-state index in [0.717, 1.165) is 0 Å². The lowest BCUT2D eigenvalue weighted by molar-refractivity contribution is 0.0282. The van der Waals surface area contributed by atoms with Gasteiger partial charge in [-0.3, -0.25) is 0 Å². The summed E-state index contributed by atoms with van der Waals surface area (Å²) in [5, 5.41) is 0. The maximum absolute atomic E-state index is 7.03. The normalized spacial score (nSPS) is 43.4. The van der Waals surface area contributed by atoms with Gasteiger partial charge >= 0.3 is 0 Å². The zero-order chi connectivity index (χ0) is 13.3. The Morgan fingerprint density at radius 2 is 1.53 bits per heavy atom. The maximum atomic E-state index is 7.03. The Morgan fingerprint density at radius 3 is 2.00 bits per heavy atom. The van der Waals surface area contributed by atoms with Crippen LogP contribution in [-0.2, 0) is 0 Å². The van der Waals surface area contributed by atoms with Gasteiger partial charge in [0.05, 0.1) is 0 Å². The summed E-state index contributed by atoms with van der Waals surface area (Å²) in [4.78, 5) is 2.50. The van der Waals surface area contributed by atoms with Gasteiger partial charge in [-0.1, -0.05) is 24.3 Å². The molecule has 1 aromatic carbocycles. The van der Waals surface area contributed by atoms with E-state index in [2.05, 4.69) is 43.3 Å². The predicted molar refractivity (Wildman–Crippen MR) is 80.0 cm³/mol. The molecule has 19 heavy (non-hydrogen) atoms. The van der Waals surface area contributed by atoms with E-state index in [1.165, 1.54) is 32.1 Å². The molecule has 4 aliphatic rings. The summed E-state index contributed by atoms with van der Waals surface area (Å²) in [5.41, 5.74) is 3.52. The summed E-state index contributed by atoms with van der Waals surface area (Å²) >= 11 is 7.03. The minimum absolute atomic E-state index is 0.0368. The van der Waals surface area contributed by atoms with E-state index < -0.39 is 0 Å². The van der Waals surface area contributed by atoms with Crippen molar-refractivity contribution in [3.05, 3.63) is 35.4 Å². The van der Waals surface area contributed by atoms with Gasteiger partial charge in [0.25, 0.3) is 0 Å². The summed E-state index contributed by atoms with van der Waals surface area (Å²) in [7, 11) is 4.50. The second kappa shape index (κ2) is 3.77. The predicted octanol–water partition coefficient (Wildman–Crippen LogP) is 4.12. The minimum Gasteiger partial charge on any atom is -0.304 e. The van der Waals surface area contributed by atoms with Crippen LogP contribution in [0.25, 0.3) is 0 Å². The van der Waals surface area contributed by atoms with Gasteiger partial charge in [0.2, 0.25) is 0 Å². The van der Waals surface area contributed by atoms with Crippen molar-refractivity contribution in [3.63, 3.8) is 0 Å². The van der Waals surface area contributed by atoms with Crippen LogP contribution in [0.15, 0.2) is 24.3 Å². The fourth-order valence-electron chi connectivity index (χ4n) is 5.21. The smallest absolute Gasteiger partial charge is 0.0476 e. The minimum atomic E-state index is 0.0368. The average molecular weight is 276 g/mol. The molecule has 2 atom stereocenters. The largest absolute Gasteiger partial charge is 0.304 e. The Kier molecular flexibility index (Phi) is 2.42. The third-order valence-electron chi connectivity index (χ3n) is 5.95. The summed E-state index contributed by atoms with van der Waals surface area (Å²) < 4.78 is 0. The van der Waals surface area contributed by atoms with Crippen LogP contribution in [0.3, 0.4) is 0 Å². The molecule has 0 spiro atoms. The lowest BCUT2D eigenvalue weighted by Crippen LogP contribution is -2.56. The molecule has 102 valence electrons. The van der Waals surface area contributed by atoms with Crippen LogP contribution >= 0.6 is 11.6 Å². The lowest BCUT2D eigenvalue weighted by Gasteiger charge is -2.55. The standard InChI is InChI=1S/C17H22ClN/c1-19(2)17-9-12-7-16(18,11-17)8-13(10-17)15-6-4-3-5-14(12)15/h3-6,12-13H,7-11H2,1-2H3. The molecule has 4 bridgehead atoms. The van der Waals surface area contributed by atoms with Gasteiger partial charge in [-0.15, -0.1) is 11.6 Å². The van der Waals surface area contributed by atoms with Gasteiger partial charge in [-0.05, 0) is 69.2 Å². The zero-order valence-electron chi connectivity index (χ0n) is 11.8. The number of alkyl halides is 1. The Hall–Kier alpha value is -0.530. The Balaban J connectivity index is 1.90. The lowest BCUT2D eigenvalue weighted by atomic mass is 9.61. The van der Waals surface area contributed by atoms with Crippen LogP contribution in [-0.4, -0.2) is 29.4 Å². The molecule has 0 saturated heterocycles. The zero-order valence-corrected chi connectivity index (χ0v) is 12.6. The third kappa shape index (κ3) is 1.64. The van der Waals surface area contributed by atoms with E-state index in [1.807, 2.05) is 0 Å². The van der Waals surface area contributed by atoms with Crippen molar-refractivity contribution in [1.29, 1.82) is 0 Å². The Labute approximate surface area is 120 Å². The van der Waals surface area contributed by atoms with Gasteiger partial charge in [0.1, 0.15) is 0 Å². The van der Waals surface area contributed by atoms with E-state index in [-0.39, 0.29) is 4.87 Å². The first kappa shape index (κ1) is 12.2. The van der Waals surface area contributed by atoms with Gasteiger partial charge in [-0.25, -0.2) is 0 Å². The summed E-state index contributed by atoms with van der Waals surface area (Å²) in [6.45, 7) is 0. The molecule has 1 nitrogen and oxygen atoms in total. The van der Waals surface area contributed by atoms with E-state index in [0.29, 0.717) is 17.4 Å². The second-order valence-electron chi connectivity index (χ2n) is 7.29. The molecule has 2 saturated carbocycles. The quantitative estimate of drug-likeness (QED) is 0.697. The monoisotopic (exact) mass is 275 g/mol. The number of nitrogens with zero attached hydrogens (tertiary/aromatic N) is 1. The van der Waals surface area contributed by atoms with Crippen LogP contribution in [0, 0.1) is 0 Å². The van der Waals surface area contributed by atoms with Crippen LogP contribution in [0.1, 0.15) is 55.1 Å². The third-order valence-corrected chi connectivity index (χ3v) is 6.39. The molecule has 0 aliphatic heterocycles. The highest BCUT2D eigenvalue weighted by Crippen LogP contribution is 2.62. The molecule has 0 heterocycles. The summed E-state index contributed by atoms with van der Waals surface area (Å²) in [6, 6.07) is 9.11. The van der Waals surface area contributed by atoms with E-state index >= 15 is 0 Å². The second-order valence-corrected chi connectivity index (χ2v) is 8.09. The number of rotatable bonds is 1. The molecule has 0 radical (unpaired) electrons. The first-order valence-corrected chi connectivity index (χ1v) is 7.84. The molecule has 2 fully saturated rings. The van der Waals surface area contributed by atoms with Crippen molar-refractivity contribution in [1.82, 2.24) is 4.90 Å². The highest BCUT2D eigenvalue weighted by molar-refractivity contribution is 6.24. The van der Waals surface area contributed by atoms with Crippen molar-refractivity contribution in [2.24, 2.45) is 0 Å². The Bertz CT molecular complexity index is 487. The van der Waals surface area contributed by atoms with Crippen LogP contribution in [0.2, 0.25) is 0 Å². The molecule has 2 heteroatoms. The Morgan fingerprint density at radius 1 is 1.00 bits per heavy atom. The number of hydrogen-bond donors (Lipinski definition) is 0. The molecule has 0 aromatic heterocycles. The van der Waals surface area contributed by atoms with Crippen LogP contribution in [0.4, 0.5) is 0 Å². The van der Waals surface area contributed by atoms with E-state index in [1.54, 1.807) is 11.1 Å².